The lowest BCUT2D eigenvalue weighted by atomic mass is 10.1. The molecule has 3 amide bonds. The lowest BCUT2D eigenvalue weighted by Crippen LogP contribution is -2.47. The van der Waals surface area contributed by atoms with E-state index in [0.29, 0.717) is 0 Å². The summed E-state index contributed by atoms with van der Waals surface area (Å²) >= 11 is 0. The summed E-state index contributed by atoms with van der Waals surface area (Å²) in [6, 6.07) is 5.10. The maximum Gasteiger partial charge on any atom is 0.251 e. The van der Waals surface area contributed by atoms with Gasteiger partial charge in [-0.25, -0.2) is 13.1 Å². The minimum absolute atomic E-state index is 0.0420. The first-order valence-corrected chi connectivity index (χ1v) is 10.3. The van der Waals surface area contributed by atoms with Gasteiger partial charge in [-0.3, -0.25) is 14.4 Å². The van der Waals surface area contributed by atoms with E-state index in [1.54, 1.807) is 13.8 Å². The highest BCUT2D eigenvalue weighted by Gasteiger charge is 2.17. The Bertz CT molecular complexity index is 811. The summed E-state index contributed by atoms with van der Waals surface area (Å²) in [5.41, 5.74) is -0.192. The van der Waals surface area contributed by atoms with Gasteiger partial charge in [0.2, 0.25) is 21.8 Å². The van der Waals surface area contributed by atoms with Gasteiger partial charge in [0.15, 0.2) is 0 Å². The van der Waals surface area contributed by atoms with Gasteiger partial charge in [0.05, 0.1) is 18.0 Å². The Hall–Kier alpha value is -2.46. The first-order valence-electron chi connectivity index (χ1n) is 8.78. The Labute approximate surface area is 165 Å². The molecule has 0 fully saturated rings. The van der Waals surface area contributed by atoms with Gasteiger partial charge in [0, 0.05) is 17.1 Å². The lowest BCUT2D eigenvalue weighted by Gasteiger charge is -2.20. The van der Waals surface area contributed by atoms with Crippen molar-refractivity contribution >= 4 is 27.7 Å². The van der Waals surface area contributed by atoms with Crippen LogP contribution in [0.25, 0.3) is 0 Å². The Balaban J connectivity index is 2.53. The van der Waals surface area contributed by atoms with Gasteiger partial charge in [-0.2, -0.15) is 0 Å². The number of sulfonamides is 1. The van der Waals surface area contributed by atoms with E-state index in [-0.39, 0.29) is 35.5 Å². The molecule has 4 N–H and O–H groups in total. The van der Waals surface area contributed by atoms with Crippen LogP contribution in [0.15, 0.2) is 29.2 Å². The van der Waals surface area contributed by atoms with Crippen molar-refractivity contribution in [3.05, 3.63) is 29.8 Å². The monoisotopic (exact) mass is 412 g/mol. The van der Waals surface area contributed by atoms with Gasteiger partial charge in [-0.15, -0.1) is 0 Å². The van der Waals surface area contributed by atoms with E-state index >= 15 is 0 Å². The Morgan fingerprint density at radius 1 is 0.929 bits per heavy atom. The van der Waals surface area contributed by atoms with Crippen molar-refractivity contribution in [2.75, 3.05) is 13.1 Å². The van der Waals surface area contributed by atoms with E-state index < -0.39 is 27.4 Å². The van der Waals surface area contributed by atoms with Crippen LogP contribution in [0.5, 0.6) is 0 Å². The quantitative estimate of drug-likeness (QED) is 0.482. The fourth-order valence-corrected chi connectivity index (χ4v) is 3.38. The van der Waals surface area contributed by atoms with Crippen LogP contribution in [0.4, 0.5) is 0 Å². The normalized spacial score (nSPS) is 11.8. The number of carbonyl (C=O) groups excluding carboxylic acids is 3. The predicted octanol–water partition coefficient (Wildman–Crippen LogP) is 0.134. The summed E-state index contributed by atoms with van der Waals surface area (Å²) in [7, 11) is -3.64. The highest BCUT2D eigenvalue weighted by atomic mass is 32.2. The van der Waals surface area contributed by atoms with E-state index in [2.05, 4.69) is 20.7 Å². The summed E-state index contributed by atoms with van der Waals surface area (Å²) < 4.78 is 26.6. The molecule has 1 aromatic carbocycles. The van der Waals surface area contributed by atoms with Crippen LogP contribution < -0.4 is 20.7 Å². The Morgan fingerprint density at radius 3 is 1.96 bits per heavy atom. The van der Waals surface area contributed by atoms with Crippen molar-refractivity contribution in [3.8, 4) is 0 Å². The van der Waals surface area contributed by atoms with E-state index in [4.69, 9.17) is 0 Å². The van der Waals surface area contributed by atoms with Crippen molar-refractivity contribution in [1.82, 2.24) is 20.7 Å². The van der Waals surface area contributed by atoms with Crippen LogP contribution in [0.1, 0.15) is 45.0 Å². The smallest absolute Gasteiger partial charge is 0.251 e. The van der Waals surface area contributed by atoms with E-state index in [0.717, 1.165) is 0 Å². The van der Waals surface area contributed by atoms with Gasteiger partial charge >= 0.3 is 0 Å². The number of hydrogen-bond donors (Lipinski definition) is 4. The molecule has 1 aromatic rings. The molecule has 0 radical (unpaired) electrons. The topological polar surface area (TPSA) is 133 Å². The number of benzene rings is 1. The molecule has 0 saturated heterocycles. The van der Waals surface area contributed by atoms with Crippen molar-refractivity contribution in [2.24, 2.45) is 0 Å². The second-order valence-corrected chi connectivity index (χ2v) is 9.27. The summed E-state index contributed by atoms with van der Waals surface area (Å²) in [5.74, 6) is -1.38. The van der Waals surface area contributed by atoms with Crippen LogP contribution in [-0.2, 0) is 19.6 Å². The van der Waals surface area contributed by atoms with E-state index in [1.807, 2.05) is 20.8 Å². The number of nitrogens with one attached hydrogen (secondary N) is 4. The highest BCUT2D eigenvalue weighted by molar-refractivity contribution is 7.89. The van der Waals surface area contributed by atoms with Crippen molar-refractivity contribution in [2.45, 2.75) is 51.1 Å². The maximum atomic E-state index is 12.1. The molecule has 0 aliphatic carbocycles. The first kappa shape index (κ1) is 23.6. The van der Waals surface area contributed by atoms with Crippen molar-refractivity contribution < 1.29 is 22.8 Å². The summed E-state index contributed by atoms with van der Waals surface area (Å²) in [5, 5.41) is 7.52. The molecular weight excluding hydrogens is 384 g/mol. The molecule has 0 heterocycles. The third-order valence-corrected chi connectivity index (χ3v) is 4.86. The Kier molecular flexibility index (Phi) is 8.13. The number of rotatable bonds is 8. The SMILES string of the molecule is CC(C)NS(=O)(=O)c1ccc(C(=O)NCC(=O)NCC(=O)NC(C)(C)C)cc1. The second-order valence-electron chi connectivity index (χ2n) is 7.56. The van der Waals surface area contributed by atoms with Crippen molar-refractivity contribution in [3.63, 3.8) is 0 Å². The molecule has 10 heteroatoms. The zero-order valence-electron chi connectivity index (χ0n) is 16.8. The molecule has 0 saturated carbocycles. The molecule has 9 nitrogen and oxygen atoms in total. The van der Waals surface area contributed by atoms with Gasteiger partial charge in [-0.05, 0) is 58.9 Å². The van der Waals surface area contributed by atoms with E-state index in [9.17, 15) is 22.8 Å². The third kappa shape index (κ3) is 8.49. The lowest BCUT2D eigenvalue weighted by molar-refractivity contribution is -0.126. The number of carbonyl (C=O) groups is 3. The summed E-state index contributed by atoms with van der Waals surface area (Å²) in [6.07, 6.45) is 0. The molecule has 156 valence electrons. The minimum atomic E-state index is -3.64. The van der Waals surface area contributed by atoms with Gasteiger partial charge in [0.25, 0.3) is 5.91 Å². The standard InChI is InChI=1S/C18H28N4O5S/c1-12(2)22-28(26,27)14-8-6-13(7-9-14)17(25)20-10-15(23)19-11-16(24)21-18(3,4)5/h6-9,12,22H,10-11H2,1-5H3,(H,19,23)(H,20,25)(H,21,24). The Morgan fingerprint density at radius 2 is 1.46 bits per heavy atom. The maximum absolute atomic E-state index is 12.1. The molecule has 0 atom stereocenters. The number of hydrogen-bond acceptors (Lipinski definition) is 5. The third-order valence-electron chi connectivity index (χ3n) is 3.19. The zero-order valence-corrected chi connectivity index (χ0v) is 17.6. The molecule has 0 spiro atoms. The predicted molar refractivity (Wildman–Crippen MR) is 105 cm³/mol. The van der Waals surface area contributed by atoms with Crippen LogP contribution in [-0.4, -0.2) is 50.8 Å². The minimum Gasteiger partial charge on any atom is -0.350 e. The molecule has 1 rings (SSSR count). The van der Waals surface area contributed by atoms with Crippen molar-refractivity contribution in [1.29, 1.82) is 0 Å². The molecular formula is C18H28N4O5S. The molecule has 0 aliphatic heterocycles. The van der Waals surface area contributed by atoms with Crippen LogP contribution in [0.2, 0.25) is 0 Å². The molecule has 0 bridgehead atoms. The van der Waals surface area contributed by atoms with Crippen LogP contribution >= 0.6 is 0 Å². The molecule has 0 aromatic heterocycles. The fourth-order valence-electron chi connectivity index (χ4n) is 2.13. The zero-order chi connectivity index (χ0) is 21.5. The molecule has 0 aliphatic rings. The van der Waals surface area contributed by atoms with Gasteiger partial charge in [-0.1, -0.05) is 0 Å². The van der Waals surface area contributed by atoms with Gasteiger partial charge < -0.3 is 16.0 Å². The molecule has 0 unspecified atom stereocenters. The average Bonchev–Trinajstić information content (AvgIpc) is 2.55. The molecule has 28 heavy (non-hydrogen) atoms. The highest BCUT2D eigenvalue weighted by Crippen LogP contribution is 2.11. The largest absolute Gasteiger partial charge is 0.350 e. The second kappa shape index (κ2) is 9.65. The van der Waals surface area contributed by atoms with Crippen LogP contribution in [0.3, 0.4) is 0 Å². The first-order chi connectivity index (χ1) is 12.8. The van der Waals surface area contributed by atoms with Gasteiger partial charge in [0.1, 0.15) is 0 Å². The summed E-state index contributed by atoms with van der Waals surface area (Å²) in [6.45, 7) is 8.37. The average molecular weight is 413 g/mol. The van der Waals surface area contributed by atoms with Crippen LogP contribution in [0, 0.1) is 0 Å². The summed E-state index contributed by atoms with van der Waals surface area (Å²) in [4.78, 5) is 35.5. The fraction of sp³-hybridized carbons (Fsp3) is 0.500. The number of amides is 3. The van der Waals surface area contributed by atoms with E-state index in [1.165, 1.54) is 24.3 Å².